The van der Waals surface area contributed by atoms with Gasteiger partial charge in [-0.2, -0.15) is 5.10 Å². The van der Waals surface area contributed by atoms with E-state index in [0.717, 1.165) is 11.3 Å². The Labute approximate surface area is 133 Å². The number of anilines is 1. The van der Waals surface area contributed by atoms with Gasteiger partial charge >= 0.3 is 12.0 Å². The second-order valence-corrected chi connectivity index (χ2v) is 5.74. The zero-order valence-electron chi connectivity index (χ0n) is 13.0. The Morgan fingerprint density at radius 2 is 2.09 bits per heavy atom. The molecule has 1 aromatic carbocycles. The van der Waals surface area contributed by atoms with E-state index in [1.165, 1.54) is 6.07 Å². The summed E-state index contributed by atoms with van der Waals surface area (Å²) in [5.74, 6) is -1.05. The molecule has 2 aromatic rings. The lowest BCUT2D eigenvalue weighted by molar-refractivity contribution is 0.0690. The number of hydrogen-bond donors (Lipinski definition) is 2. The molecule has 23 heavy (non-hydrogen) atoms. The van der Waals surface area contributed by atoms with E-state index in [4.69, 9.17) is 5.11 Å². The monoisotopic (exact) mass is 314 g/mol. The van der Waals surface area contributed by atoms with E-state index >= 15 is 0 Å². The van der Waals surface area contributed by atoms with E-state index < -0.39 is 5.97 Å². The smallest absolute Gasteiger partial charge is 0.353 e. The summed E-state index contributed by atoms with van der Waals surface area (Å²) in [6.07, 6.45) is 0. The molecule has 0 unspecified atom stereocenters. The first-order valence-electron chi connectivity index (χ1n) is 7.44. The fourth-order valence-corrected chi connectivity index (χ4v) is 2.68. The van der Waals surface area contributed by atoms with Crippen molar-refractivity contribution >= 4 is 17.7 Å². The second kappa shape index (κ2) is 5.75. The molecule has 1 fully saturated rings. The zero-order valence-corrected chi connectivity index (χ0v) is 13.0. The van der Waals surface area contributed by atoms with Crippen LogP contribution in [0, 0.1) is 0 Å². The van der Waals surface area contributed by atoms with Crippen LogP contribution in [0.15, 0.2) is 30.3 Å². The van der Waals surface area contributed by atoms with Crippen LogP contribution in [0.4, 0.5) is 10.5 Å². The number of carboxylic acids is 1. The van der Waals surface area contributed by atoms with Gasteiger partial charge in [-0.1, -0.05) is 12.1 Å². The van der Waals surface area contributed by atoms with Crippen molar-refractivity contribution in [3.8, 4) is 11.3 Å². The number of urea groups is 1. The van der Waals surface area contributed by atoms with Crippen LogP contribution in [0.25, 0.3) is 11.3 Å². The summed E-state index contributed by atoms with van der Waals surface area (Å²) in [6.45, 7) is 5.33. The molecule has 0 saturated carbocycles. The number of amides is 2. The van der Waals surface area contributed by atoms with Gasteiger partial charge in [-0.15, -0.1) is 0 Å². The molecule has 3 rings (SSSR count). The second-order valence-electron chi connectivity index (χ2n) is 5.74. The molecule has 2 amide bonds. The first-order chi connectivity index (χ1) is 11.0. The SMILES string of the molecule is CC(C)N1CCN(c2cccc(-c3cc(C(=O)O)[nH]n3)c2)C1=O. The average molecular weight is 314 g/mol. The maximum atomic E-state index is 12.4. The van der Waals surface area contributed by atoms with Gasteiger partial charge in [0.1, 0.15) is 5.69 Å². The van der Waals surface area contributed by atoms with Crippen molar-refractivity contribution in [2.75, 3.05) is 18.0 Å². The van der Waals surface area contributed by atoms with Crippen molar-refractivity contribution in [3.63, 3.8) is 0 Å². The Balaban J connectivity index is 1.88. The van der Waals surface area contributed by atoms with Crippen molar-refractivity contribution in [2.45, 2.75) is 19.9 Å². The van der Waals surface area contributed by atoms with Gasteiger partial charge in [0.15, 0.2) is 0 Å². The topological polar surface area (TPSA) is 89.5 Å². The molecule has 1 aromatic heterocycles. The maximum absolute atomic E-state index is 12.4. The third kappa shape index (κ3) is 2.77. The minimum atomic E-state index is -1.05. The van der Waals surface area contributed by atoms with Crippen molar-refractivity contribution in [3.05, 3.63) is 36.0 Å². The highest BCUT2D eigenvalue weighted by molar-refractivity contribution is 5.95. The number of nitrogens with zero attached hydrogens (tertiary/aromatic N) is 3. The quantitative estimate of drug-likeness (QED) is 0.907. The Bertz CT molecular complexity index is 753. The van der Waals surface area contributed by atoms with Crippen LogP contribution < -0.4 is 4.90 Å². The molecule has 0 radical (unpaired) electrons. The van der Waals surface area contributed by atoms with E-state index in [2.05, 4.69) is 10.2 Å². The Hall–Kier alpha value is -2.83. The number of nitrogens with one attached hydrogen (secondary N) is 1. The molecule has 2 N–H and O–H groups in total. The summed E-state index contributed by atoms with van der Waals surface area (Å²) in [7, 11) is 0. The first-order valence-corrected chi connectivity index (χ1v) is 7.44. The predicted octanol–water partition coefficient (Wildman–Crippen LogP) is 2.43. The van der Waals surface area contributed by atoms with Gasteiger partial charge in [0.05, 0.1) is 5.69 Å². The molecule has 2 heterocycles. The van der Waals surface area contributed by atoms with Gasteiger partial charge < -0.3 is 10.0 Å². The van der Waals surface area contributed by atoms with Gasteiger partial charge in [-0.05, 0) is 32.0 Å². The maximum Gasteiger partial charge on any atom is 0.353 e. The van der Waals surface area contributed by atoms with Crippen molar-refractivity contribution in [1.29, 1.82) is 0 Å². The van der Waals surface area contributed by atoms with Gasteiger partial charge in [0, 0.05) is 30.4 Å². The molecule has 1 aliphatic heterocycles. The summed E-state index contributed by atoms with van der Waals surface area (Å²) >= 11 is 0. The number of rotatable bonds is 4. The van der Waals surface area contributed by atoms with Crippen LogP contribution in [0.2, 0.25) is 0 Å². The summed E-state index contributed by atoms with van der Waals surface area (Å²) < 4.78 is 0. The van der Waals surface area contributed by atoms with Crippen LogP contribution >= 0.6 is 0 Å². The van der Waals surface area contributed by atoms with E-state index in [-0.39, 0.29) is 17.8 Å². The molecule has 0 spiro atoms. The molecule has 0 aliphatic carbocycles. The highest BCUT2D eigenvalue weighted by Gasteiger charge is 2.31. The number of carbonyl (C=O) groups is 2. The van der Waals surface area contributed by atoms with Crippen LogP contribution in [0.5, 0.6) is 0 Å². The van der Waals surface area contributed by atoms with Crippen LogP contribution in [0.1, 0.15) is 24.3 Å². The molecule has 1 aliphatic rings. The number of carboxylic acid groups (broad SMARTS) is 1. The number of H-pyrrole nitrogens is 1. The van der Waals surface area contributed by atoms with Gasteiger partial charge in [-0.25, -0.2) is 9.59 Å². The normalized spacial score (nSPS) is 14.8. The molecule has 0 atom stereocenters. The highest BCUT2D eigenvalue weighted by atomic mass is 16.4. The minimum Gasteiger partial charge on any atom is -0.477 e. The lowest BCUT2D eigenvalue weighted by Crippen LogP contribution is -2.36. The fraction of sp³-hybridized carbons (Fsp3) is 0.312. The first kappa shape index (κ1) is 15.1. The van der Waals surface area contributed by atoms with Gasteiger partial charge in [0.25, 0.3) is 0 Å². The average Bonchev–Trinajstić information content (AvgIpc) is 3.14. The van der Waals surface area contributed by atoms with Gasteiger partial charge in [0.2, 0.25) is 0 Å². The molecular weight excluding hydrogens is 296 g/mol. The van der Waals surface area contributed by atoms with E-state index in [1.54, 1.807) is 4.90 Å². The largest absolute Gasteiger partial charge is 0.477 e. The number of aromatic amines is 1. The number of aromatic nitrogens is 2. The van der Waals surface area contributed by atoms with Crippen LogP contribution in [-0.2, 0) is 0 Å². The number of carbonyl (C=O) groups excluding carboxylic acids is 1. The summed E-state index contributed by atoms with van der Waals surface area (Å²) in [5.41, 5.74) is 2.13. The van der Waals surface area contributed by atoms with Crippen molar-refractivity contribution < 1.29 is 14.7 Å². The molecule has 1 saturated heterocycles. The predicted molar refractivity (Wildman–Crippen MR) is 85.6 cm³/mol. The molecule has 0 bridgehead atoms. The summed E-state index contributed by atoms with van der Waals surface area (Å²) in [5, 5.41) is 15.5. The van der Waals surface area contributed by atoms with E-state index in [0.29, 0.717) is 18.8 Å². The lowest BCUT2D eigenvalue weighted by Gasteiger charge is -2.22. The van der Waals surface area contributed by atoms with Crippen LogP contribution in [0.3, 0.4) is 0 Å². The Morgan fingerprint density at radius 3 is 2.70 bits per heavy atom. The third-order valence-electron chi connectivity index (χ3n) is 3.93. The standard InChI is InChI=1S/C16H18N4O3/c1-10(2)19-6-7-20(16(19)23)12-5-3-4-11(8-12)13-9-14(15(21)22)18-17-13/h3-5,8-10H,6-7H2,1-2H3,(H,17,18)(H,21,22). The third-order valence-corrected chi connectivity index (χ3v) is 3.93. The van der Waals surface area contributed by atoms with E-state index in [1.807, 2.05) is 43.0 Å². The summed E-state index contributed by atoms with van der Waals surface area (Å²) in [6, 6.07) is 9.04. The minimum absolute atomic E-state index is 0.00889. The van der Waals surface area contributed by atoms with Crippen molar-refractivity contribution in [2.24, 2.45) is 0 Å². The zero-order chi connectivity index (χ0) is 16.6. The molecule has 7 heteroatoms. The molecule has 120 valence electrons. The van der Waals surface area contributed by atoms with Crippen molar-refractivity contribution in [1.82, 2.24) is 15.1 Å². The van der Waals surface area contributed by atoms with Crippen LogP contribution in [-0.4, -0.2) is 51.3 Å². The fourth-order valence-electron chi connectivity index (χ4n) is 2.68. The number of aromatic carboxylic acids is 1. The lowest BCUT2D eigenvalue weighted by atomic mass is 10.1. The molecule has 7 nitrogen and oxygen atoms in total. The van der Waals surface area contributed by atoms with E-state index in [9.17, 15) is 9.59 Å². The number of benzene rings is 1. The number of hydrogen-bond acceptors (Lipinski definition) is 3. The Kier molecular flexibility index (Phi) is 3.77. The highest BCUT2D eigenvalue weighted by Crippen LogP contribution is 2.27. The Morgan fingerprint density at radius 1 is 1.30 bits per heavy atom. The van der Waals surface area contributed by atoms with Gasteiger partial charge in [-0.3, -0.25) is 10.00 Å². The molecular formula is C16H18N4O3. The summed E-state index contributed by atoms with van der Waals surface area (Å²) in [4.78, 5) is 26.9.